The Morgan fingerprint density at radius 2 is 2.12 bits per heavy atom. The maximum absolute atomic E-state index is 13.6. The second-order valence-electron chi connectivity index (χ2n) is 6.05. The highest BCUT2D eigenvalue weighted by atomic mass is 19.2. The molecule has 0 saturated carbocycles. The highest BCUT2D eigenvalue weighted by Gasteiger charge is 2.19. The van der Waals surface area contributed by atoms with E-state index in [4.69, 9.17) is 4.74 Å². The fourth-order valence-electron chi connectivity index (χ4n) is 2.63. The van der Waals surface area contributed by atoms with Crippen molar-refractivity contribution in [2.24, 2.45) is 10.9 Å². The number of nitrogens with zero attached hydrogens (tertiary/aromatic N) is 2. The van der Waals surface area contributed by atoms with E-state index in [9.17, 15) is 18.0 Å². The Labute approximate surface area is 150 Å². The van der Waals surface area contributed by atoms with E-state index in [0.717, 1.165) is 31.7 Å². The molecule has 1 aliphatic heterocycles. The molecule has 1 fully saturated rings. The van der Waals surface area contributed by atoms with E-state index < -0.39 is 29.0 Å². The largest absolute Gasteiger partial charge is 0.381 e. The van der Waals surface area contributed by atoms with Gasteiger partial charge in [0.1, 0.15) is 6.54 Å². The van der Waals surface area contributed by atoms with Gasteiger partial charge in [-0.05, 0) is 25.5 Å². The van der Waals surface area contributed by atoms with Crippen molar-refractivity contribution in [2.75, 3.05) is 45.2 Å². The summed E-state index contributed by atoms with van der Waals surface area (Å²) < 4.78 is 45.1. The molecule has 0 aliphatic carbocycles. The number of anilines is 1. The summed E-state index contributed by atoms with van der Waals surface area (Å²) >= 11 is 0. The van der Waals surface area contributed by atoms with E-state index in [1.807, 2.05) is 18.9 Å². The van der Waals surface area contributed by atoms with Gasteiger partial charge in [0.25, 0.3) is 0 Å². The summed E-state index contributed by atoms with van der Waals surface area (Å²) in [5.41, 5.74) is -0.425. The Balaban J connectivity index is 1.97. The summed E-state index contributed by atoms with van der Waals surface area (Å²) in [6.45, 7) is 4.40. The number of nitrogens with one attached hydrogen (secondary N) is 2. The third-order valence-corrected chi connectivity index (χ3v) is 3.93. The third kappa shape index (κ3) is 5.35. The molecule has 1 aromatic carbocycles. The van der Waals surface area contributed by atoms with E-state index in [2.05, 4.69) is 15.6 Å². The number of guanidine groups is 1. The Kier molecular flexibility index (Phi) is 7.26. The summed E-state index contributed by atoms with van der Waals surface area (Å²) in [4.78, 5) is 18.1. The monoisotopic (exact) mass is 372 g/mol. The summed E-state index contributed by atoms with van der Waals surface area (Å²) in [5.74, 6) is -4.09. The molecule has 1 aliphatic rings. The third-order valence-electron chi connectivity index (χ3n) is 3.93. The standard InChI is InChI=1S/C17H23F3N4O2/c1-3-21-17(24(2)9-11-6-7-26-10-11)22-8-14(25)23-13-5-4-12(18)15(19)16(13)20/h4-5,11H,3,6-10H2,1-2H3,(H,21,22)(H,23,25). The minimum Gasteiger partial charge on any atom is -0.381 e. The predicted octanol–water partition coefficient (Wildman–Crippen LogP) is 1.98. The van der Waals surface area contributed by atoms with Gasteiger partial charge in [-0.15, -0.1) is 0 Å². The zero-order valence-corrected chi connectivity index (χ0v) is 14.8. The number of amides is 1. The van der Waals surface area contributed by atoms with Crippen molar-refractivity contribution in [3.63, 3.8) is 0 Å². The Morgan fingerprint density at radius 1 is 1.35 bits per heavy atom. The summed E-state index contributed by atoms with van der Waals surface area (Å²) in [7, 11) is 1.85. The molecular weight excluding hydrogens is 349 g/mol. The van der Waals surface area contributed by atoms with Crippen LogP contribution in [0.5, 0.6) is 0 Å². The van der Waals surface area contributed by atoms with Crippen LogP contribution in [0.4, 0.5) is 18.9 Å². The van der Waals surface area contributed by atoms with Crippen LogP contribution in [0.1, 0.15) is 13.3 Å². The zero-order valence-electron chi connectivity index (χ0n) is 14.8. The van der Waals surface area contributed by atoms with Crippen LogP contribution in [0.15, 0.2) is 17.1 Å². The number of rotatable bonds is 6. The van der Waals surface area contributed by atoms with E-state index >= 15 is 0 Å². The van der Waals surface area contributed by atoms with E-state index in [1.165, 1.54) is 0 Å². The van der Waals surface area contributed by atoms with Gasteiger partial charge >= 0.3 is 0 Å². The van der Waals surface area contributed by atoms with Crippen LogP contribution >= 0.6 is 0 Å². The maximum atomic E-state index is 13.6. The molecule has 1 amide bonds. The number of benzene rings is 1. The van der Waals surface area contributed by atoms with Crippen LogP contribution in [0.3, 0.4) is 0 Å². The average Bonchev–Trinajstić information content (AvgIpc) is 3.12. The molecule has 26 heavy (non-hydrogen) atoms. The van der Waals surface area contributed by atoms with Gasteiger partial charge in [0.2, 0.25) is 5.91 Å². The smallest absolute Gasteiger partial charge is 0.246 e. The highest BCUT2D eigenvalue weighted by molar-refractivity contribution is 5.94. The van der Waals surface area contributed by atoms with Crippen LogP contribution in [-0.2, 0) is 9.53 Å². The molecule has 0 spiro atoms. The number of ether oxygens (including phenoxy) is 1. The first-order valence-corrected chi connectivity index (χ1v) is 8.42. The quantitative estimate of drug-likeness (QED) is 0.455. The van der Waals surface area contributed by atoms with Crippen LogP contribution < -0.4 is 10.6 Å². The van der Waals surface area contributed by atoms with Crippen molar-refractivity contribution >= 4 is 17.6 Å². The summed E-state index contributed by atoms with van der Waals surface area (Å²) in [6.07, 6.45) is 0.972. The Bertz CT molecular complexity index is 664. The SMILES string of the molecule is CCNC(=NCC(=O)Nc1ccc(F)c(F)c1F)N(C)CC1CCOC1. The maximum Gasteiger partial charge on any atom is 0.246 e. The Hall–Kier alpha value is -2.29. The van der Waals surface area contributed by atoms with E-state index in [-0.39, 0.29) is 6.54 Å². The van der Waals surface area contributed by atoms with Crippen molar-refractivity contribution in [1.29, 1.82) is 0 Å². The van der Waals surface area contributed by atoms with E-state index in [0.29, 0.717) is 25.0 Å². The van der Waals surface area contributed by atoms with Gasteiger partial charge < -0.3 is 20.3 Å². The lowest BCUT2D eigenvalue weighted by atomic mass is 10.1. The van der Waals surface area contributed by atoms with Crippen LogP contribution in [0.2, 0.25) is 0 Å². The molecule has 9 heteroatoms. The second kappa shape index (κ2) is 9.42. The van der Waals surface area contributed by atoms with Gasteiger partial charge in [-0.25, -0.2) is 18.2 Å². The van der Waals surface area contributed by atoms with Gasteiger partial charge in [-0.3, -0.25) is 4.79 Å². The van der Waals surface area contributed by atoms with Gasteiger partial charge in [0.15, 0.2) is 23.4 Å². The van der Waals surface area contributed by atoms with Crippen molar-refractivity contribution in [3.8, 4) is 0 Å². The molecule has 0 radical (unpaired) electrons. The predicted molar refractivity (Wildman–Crippen MR) is 92.5 cm³/mol. The molecule has 1 heterocycles. The van der Waals surface area contributed by atoms with Crippen molar-refractivity contribution < 1.29 is 22.7 Å². The molecule has 1 atom stereocenters. The van der Waals surface area contributed by atoms with Crippen molar-refractivity contribution in [3.05, 3.63) is 29.6 Å². The fraction of sp³-hybridized carbons (Fsp3) is 0.529. The molecule has 2 rings (SSSR count). The van der Waals surface area contributed by atoms with Crippen molar-refractivity contribution in [2.45, 2.75) is 13.3 Å². The number of aliphatic imine (C=N–C) groups is 1. The lowest BCUT2D eigenvalue weighted by Crippen LogP contribution is -2.42. The average molecular weight is 372 g/mol. The van der Waals surface area contributed by atoms with Crippen molar-refractivity contribution in [1.82, 2.24) is 10.2 Å². The molecule has 1 unspecified atom stereocenters. The number of carbonyl (C=O) groups is 1. The molecule has 1 saturated heterocycles. The minimum atomic E-state index is -1.63. The second-order valence-corrected chi connectivity index (χ2v) is 6.05. The molecule has 0 bridgehead atoms. The minimum absolute atomic E-state index is 0.285. The van der Waals surface area contributed by atoms with Crippen LogP contribution in [-0.4, -0.2) is 56.7 Å². The number of halogens is 3. The lowest BCUT2D eigenvalue weighted by molar-refractivity contribution is -0.114. The topological polar surface area (TPSA) is 66.0 Å². The van der Waals surface area contributed by atoms with Gasteiger partial charge in [0.05, 0.1) is 12.3 Å². The normalized spacial score (nSPS) is 17.3. The highest BCUT2D eigenvalue weighted by Crippen LogP contribution is 2.19. The van der Waals surface area contributed by atoms with Gasteiger partial charge in [0, 0.05) is 32.7 Å². The molecular formula is C17H23F3N4O2. The molecule has 2 N–H and O–H groups in total. The Morgan fingerprint density at radius 3 is 2.77 bits per heavy atom. The molecule has 144 valence electrons. The number of hydrogen-bond acceptors (Lipinski definition) is 3. The molecule has 1 aromatic rings. The molecule has 0 aromatic heterocycles. The molecule has 6 nitrogen and oxygen atoms in total. The first-order chi connectivity index (χ1) is 12.4. The van der Waals surface area contributed by atoms with Crippen LogP contribution in [0.25, 0.3) is 0 Å². The first-order valence-electron chi connectivity index (χ1n) is 8.42. The summed E-state index contributed by atoms with van der Waals surface area (Å²) in [5, 5.41) is 5.27. The van der Waals surface area contributed by atoms with E-state index in [1.54, 1.807) is 0 Å². The van der Waals surface area contributed by atoms with Gasteiger partial charge in [-0.1, -0.05) is 0 Å². The van der Waals surface area contributed by atoms with Gasteiger partial charge in [-0.2, -0.15) is 0 Å². The fourth-order valence-corrected chi connectivity index (χ4v) is 2.63. The summed E-state index contributed by atoms with van der Waals surface area (Å²) in [6, 6.07) is 1.71. The number of hydrogen-bond donors (Lipinski definition) is 2. The lowest BCUT2D eigenvalue weighted by Gasteiger charge is -2.24. The first kappa shape index (κ1) is 20.0. The zero-order chi connectivity index (χ0) is 19.1. The van der Waals surface area contributed by atoms with Crippen LogP contribution in [0, 0.1) is 23.4 Å². The number of carbonyl (C=O) groups excluding carboxylic acids is 1.